The van der Waals surface area contributed by atoms with Crippen molar-refractivity contribution < 1.29 is 4.74 Å². The molecule has 1 heterocycles. The smallest absolute Gasteiger partial charge is 0.135 e. The van der Waals surface area contributed by atoms with E-state index in [4.69, 9.17) is 4.74 Å². The van der Waals surface area contributed by atoms with E-state index < -0.39 is 0 Å². The SMILES string of the molecule is c1ccc(-c2ccccc2N(c2ccc(-c3ccc(-c4cccc5ccccc45)cc3)cc2)c2cccc(-c3cc4c5c(cccc5c3)Oc3ccccc3-4)c2)cc1. The molecule has 0 saturated carbocycles. The molecular formula is C56H37NO. The molecule has 0 unspecified atom stereocenters. The lowest BCUT2D eigenvalue weighted by Gasteiger charge is -2.28. The molecule has 2 nitrogen and oxygen atoms in total. The van der Waals surface area contributed by atoms with Crippen LogP contribution < -0.4 is 9.64 Å². The van der Waals surface area contributed by atoms with Crippen LogP contribution in [0, 0.1) is 0 Å². The Kier molecular flexibility index (Phi) is 8.19. The van der Waals surface area contributed by atoms with Crippen LogP contribution in [0.2, 0.25) is 0 Å². The highest BCUT2D eigenvalue weighted by Gasteiger charge is 2.22. The van der Waals surface area contributed by atoms with Gasteiger partial charge in [-0.05, 0) is 115 Å². The second-order valence-corrected chi connectivity index (χ2v) is 14.9. The number of para-hydroxylation sites is 2. The van der Waals surface area contributed by atoms with Crippen molar-refractivity contribution >= 4 is 38.6 Å². The molecule has 0 fully saturated rings. The van der Waals surface area contributed by atoms with E-state index in [1.165, 1.54) is 49.7 Å². The third kappa shape index (κ3) is 5.91. The zero-order chi connectivity index (χ0) is 38.4. The molecule has 0 N–H and O–H groups in total. The molecule has 0 atom stereocenters. The first-order chi connectivity index (χ1) is 28.7. The van der Waals surface area contributed by atoms with Crippen molar-refractivity contribution in [1.29, 1.82) is 0 Å². The average molecular weight is 740 g/mol. The second-order valence-electron chi connectivity index (χ2n) is 14.9. The first-order valence-corrected chi connectivity index (χ1v) is 19.8. The number of hydrogen-bond acceptors (Lipinski definition) is 2. The Morgan fingerprint density at radius 3 is 1.74 bits per heavy atom. The Labute approximate surface area is 338 Å². The Hall–Kier alpha value is -7.68. The van der Waals surface area contributed by atoms with Crippen molar-refractivity contribution in [3.05, 3.63) is 224 Å². The van der Waals surface area contributed by atoms with Gasteiger partial charge in [-0.25, -0.2) is 0 Å². The van der Waals surface area contributed by atoms with Crippen LogP contribution in [0.15, 0.2) is 224 Å². The minimum atomic E-state index is 0.890. The number of ether oxygens (including phenoxy) is 1. The van der Waals surface area contributed by atoms with Gasteiger partial charge in [0.2, 0.25) is 0 Å². The van der Waals surface area contributed by atoms with E-state index in [1.807, 2.05) is 6.07 Å². The largest absolute Gasteiger partial charge is 0.456 e. The highest BCUT2D eigenvalue weighted by Crippen LogP contribution is 2.49. The standard InChI is InChI=1S/C56H37NO/c1-2-13-41(14-3-1)50-21-6-8-24-53(50)57(46-33-31-39(32-34-46)38-27-29-42(30-28-38)49-23-11-16-40-15-4-5-20-48(40)49)47-19-10-17-43(36-47)45-35-44-18-12-26-55-56(44)52(37-45)51-22-7-9-25-54(51)58-55/h1-37H. The Morgan fingerprint density at radius 2 is 0.879 bits per heavy atom. The third-order valence-electron chi connectivity index (χ3n) is 11.4. The fraction of sp³-hybridized carbons (Fsp3) is 0. The number of benzene rings is 10. The summed E-state index contributed by atoms with van der Waals surface area (Å²) in [7, 11) is 0. The zero-order valence-electron chi connectivity index (χ0n) is 31.7. The molecule has 0 spiro atoms. The van der Waals surface area contributed by atoms with Crippen molar-refractivity contribution in [3.63, 3.8) is 0 Å². The van der Waals surface area contributed by atoms with Gasteiger partial charge in [0.05, 0.1) is 5.69 Å². The molecule has 10 aromatic rings. The van der Waals surface area contributed by atoms with Crippen LogP contribution in [0.3, 0.4) is 0 Å². The lowest BCUT2D eigenvalue weighted by atomic mass is 9.90. The Bertz CT molecular complexity index is 3120. The predicted octanol–water partition coefficient (Wildman–Crippen LogP) is 15.9. The molecule has 1 aliphatic rings. The molecule has 10 aromatic carbocycles. The van der Waals surface area contributed by atoms with Gasteiger partial charge in [-0.15, -0.1) is 0 Å². The van der Waals surface area contributed by atoms with Gasteiger partial charge in [0.25, 0.3) is 0 Å². The number of fused-ring (bicyclic) bond motifs is 3. The van der Waals surface area contributed by atoms with Crippen LogP contribution in [0.1, 0.15) is 0 Å². The molecule has 0 radical (unpaired) electrons. The fourth-order valence-corrected chi connectivity index (χ4v) is 8.66. The van der Waals surface area contributed by atoms with Gasteiger partial charge >= 0.3 is 0 Å². The highest BCUT2D eigenvalue weighted by molar-refractivity contribution is 6.06. The number of nitrogens with zero attached hydrogens (tertiary/aromatic N) is 1. The topological polar surface area (TPSA) is 12.5 Å². The summed E-state index contributed by atoms with van der Waals surface area (Å²) in [6.45, 7) is 0. The van der Waals surface area contributed by atoms with Gasteiger partial charge in [-0.1, -0.05) is 170 Å². The van der Waals surface area contributed by atoms with Crippen LogP contribution in [0.4, 0.5) is 17.1 Å². The summed E-state index contributed by atoms with van der Waals surface area (Å²) in [6.07, 6.45) is 0. The predicted molar refractivity (Wildman–Crippen MR) is 243 cm³/mol. The Balaban J connectivity index is 1.01. The van der Waals surface area contributed by atoms with Crippen LogP contribution in [-0.2, 0) is 0 Å². The lowest BCUT2D eigenvalue weighted by Crippen LogP contribution is -2.11. The number of anilines is 3. The number of rotatable bonds is 7. The monoisotopic (exact) mass is 739 g/mol. The van der Waals surface area contributed by atoms with Crippen LogP contribution >= 0.6 is 0 Å². The molecule has 1 aliphatic heterocycles. The maximum Gasteiger partial charge on any atom is 0.135 e. The summed E-state index contributed by atoms with van der Waals surface area (Å²) in [5, 5.41) is 4.84. The molecule has 58 heavy (non-hydrogen) atoms. The normalized spacial score (nSPS) is 11.6. The highest BCUT2D eigenvalue weighted by atomic mass is 16.5. The van der Waals surface area contributed by atoms with E-state index in [1.54, 1.807) is 0 Å². The maximum atomic E-state index is 6.36. The lowest BCUT2D eigenvalue weighted by molar-refractivity contribution is 0.487. The molecule has 0 aromatic heterocycles. The van der Waals surface area contributed by atoms with Crippen molar-refractivity contribution in [2.45, 2.75) is 0 Å². The maximum absolute atomic E-state index is 6.36. The van der Waals surface area contributed by atoms with E-state index in [0.717, 1.165) is 56.0 Å². The quantitative estimate of drug-likeness (QED) is 0.161. The molecule has 272 valence electrons. The van der Waals surface area contributed by atoms with E-state index in [0.29, 0.717) is 0 Å². The fourth-order valence-electron chi connectivity index (χ4n) is 8.66. The molecule has 0 aliphatic carbocycles. The van der Waals surface area contributed by atoms with E-state index in [2.05, 4.69) is 223 Å². The van der Waals surface area contributed by atoms with Crippen molar-refractivity contribution in [2.75, 3.05) is 4.90 Å². The molecule has 0 saturated heterocycles. The third-order valence-corrected chi connectivity index (χ3v) is 11.4. The molecular weight excluding hydrogens is 703 g/mol. The zero-order valence-corrected chi connectivity index (χ0v) is 31.7. The molecule has 0 amide bonds. The number of hydrogen-bond donors (Lipinski definition) is 0. The van der Waals surface area contributed by atoms with Gasteiger partial charge in [0, 0.05) is 27.9 Å². The average Bonchev–Trinajstić information content (AvgIpc) is 3.30. The summed E-state index contributed by atoms with van der Waals surface area (Å²) < 4.78 is 6.36. The molecule has 0 bridgehead atoms. The molecule has 11 rings (SSSR count). The summed E-state index contributed by atoms with van der Waals surface area (Å²) in [4.78, 5) is 2.39. The first-order valence-electron chi connectivity index (χ1n) is 19.8. The van der Waals surface area contributed by atoms with Crippen LogP contribution in [-0.4, -0.2) is 0 Å². The van der Waals surface area contributed by atoms with E-state index in [9.17, 15) is 0 Å². The summed E-state index contributed by atoms with van der Waals surface area (Å²) in [6, 6.07) is 80.7. The summed E-state index contributed by atoms with van der Waals surface area (Å²) in [5.74, 6) is 1.79. The van der Waals surface area contributed by atoms with Crippen molar-refractivity contribution in [2.24, 2.45) is 0 Å². The summed E-state index contributed by atoms with van der Waals surface area (Å²) >= 11 is 0. The van der Waals surface area contributed by atoms with Gasteiger partial charge in [0.1, 0.15) is 11.5 Å². The minimum Gasteiger partial charge on any atom is -0.456 e. The van der Waals surface area contributed by atoms with Gasteiger partial charge in [-0.3, -0.25) is 0 Å². The van der Waals surface area contributed by atoms with E-state index >= 15 is 0 Å². The summed E-state index contributed by atoms with van der Waals surface area (Å²) in [5.41, 5.74) is 15.1. The van der Waals surface area contributed by atoms with E-state index in [-0.39, 0.29) is 0 Å². The van der Waals surface area contributed by atoms with Gasteiger partial charge in [0.15, 0.2) is 0 Å². The van der Waals surface area contributed by atoms with Crippen molar-refractivity contribution in [3.8, 4) is 67.1 Å². The van der Waals surface area contributed by atoms with Gasteiger partial charge in [-0.2, -0.15) is 0 Å². The van der Waals surface area contributed by atoms with Crippen molar-refractivity contribution in [1.82, 2.24) is 0 Å². The minimum absolute atomic E-state index is 0.890. The van der Waals surface area contributed by atoms with Crippen LogP contribution in [0.25, 0.3) is 77.2 Å². The second kappa shape index (κ2) is 14.1. The van der Waals surface area contributed by atoms with Crippen LogP contribution in [0.5, 0.6) is 11.5 Å². The Morgan fingerprint density at radius 1 is 0.293 bits per heavy atom. The molecule has 2 heteroatoms. The van der Waals surface area contributed by atoms with Gasteiger partial charge < -0.3 is 9.64 Å². The first kappa shape index (κ1) is 33.6.